The molecule has 1 heterocycles. The highest BCUT2D eigenvalue weighted by Crippen LogP contribution is 2.33. The van der Waals surface area contributed by atoms with Gasteiger partial charge in [0.05, 0.1) is 17.4 Å². The Kier molecular flexibility index (Phi) is 6.11. The van der Waals surface area contributed by atoms with Crippen molar-refractivity contribution in [1.82, 2.24) is 20.3 Å². The smallest absolute Gasteiger partial charge is 0.347 e. The number of halogens is 4. The van der Waals surface area contributed by atoms with Crippen LogP contribution in [-0.4, -0.2) is 33.5 Å². The maximum absolute atomic E-state index is 13.0. The van der Waals surface area contributed by atoms with E-state index < -0.39 is 17.6 Å². The van der Waals surface area contributed by atoms with E-state index in [-0.39, 0.29) is 36.4 Å². The first-order chi connectivity index (χ1) is 10.3. The quantitative estimate of drug-likeness (QED) is 0.881. The minimum absolute atomic E-state index is 0. The van der Waals surface area contributed by atoms with Gasteiger partial charge in [-0.1, -0.05) is 17.3 Å². The Morgan fingerprint density at radius 3 is 2.65 bits per heavy atom. The Balaban J connectivity index is 0.00000264. The van der Waals surface area contributed by atoms with Crippen LogP contribution < -0.4 is 11.1 Å². The number of carbonyl (C=O) groups is 1. The van der Waals surface area contributed by atoms with Crippen molar-refractivity contribution in [3.63, 3.8) is 0 Å². The molecule has 0 unspecified atom stereocenters. The molecule has 0 aliphatic rings. The van der Waals surface area contributed by atoms with E-state index in [4.69, 9.17) is 5.73 Å². The van der Waals surface area contributed by atoms with Crippen LogP contribution in [0.15, 0.2) is 30.5 Å². The highest BCUT2D eigenvalue weighted by Gasteiger charge is 2.34. The van der Waals surface area contributed by atoms with E-state index in [1.54, 1.807) is 6.92 Å². The largest absolute Gasteiger partial charge is 0.418 e. The topological polar surface area (TPSA) is 85.8 Å². The second-order valence-corrected chi connectivity index (χ2v) is 4.67. The van der Waals surface area contributed by atoms with Crippen molar-refractivity contribution in [3.05, 3.63) is 41.7 Å². The molecule has 3 N–H and O–H groups in total. The predicted octanol–water partition coefficient (Wildman–Crippen LogP) is 1.78. The summed E-state index contributed by atoms with van der Waals surface area (Å²) in [6, 6.07) is 4.64. The fraction of sp³-hybridized carbons (Fsp3) is 0.308. The molecular weight excluding hydrogens is 335 g/mol. The number of para-hydroxylation sites is 1. The van der Waals surface area contributed by atoms with Gasteiger partial charge in [-0.05, 0) is 19.1 Å². The SMILES string of the molecule is C[C@@H](CN)NC(=O)c1cn(-c2ccccc2C(F)(F)F)nn1.Cl. The average Bonchev–Trinajstić information content (AvgIpc) is 2.96. The van der Waals surface area contributed by atoms with Gasteiger partial charge >= 0.3 is 6.18 Å². The third kappa shape index (κ3) is 4.42. The van der Waals surface area contributed by atoms with Crippen LogP contribution in [0.1, 0.15) is 23.0 Å². The molecule has 0 spiro atoms. The highest BCUT2D eigenvalue weighted by molar-refractivity contribution is 5.92. The summed E-state index contributed by atoms with van der Waals surface area (Å²) in [5, 5.41) is 9.74. The number of rotatable bonds is 4. The van der Waals surface area contributed by atoms with Gasteiger partial charge in [0.1, 0.15) is 0 Å². The van der Waals surface area contributed by atoms with Crippen LogP contribution in [0.3, 0.4) is 0 Å². The van der Waals surface area contributed by atoms with Gasteiger partial charge in [-0.15, -0.1) is 17.5 Å². The van der Waals surface area contributed by atoms with Crippen LogP contribution in [0.4, 0.5) is 13.2 Å². The van der Waals surface area contributed by atoms with Gasteiger partial charge in [-0.2, -0.15) is 13.2 Å². The monoisotopic (exact) mass is 349 g/mol. The first-order valence-electron chi connectivity index (χ1n) is 6.43. The first-order valence-corrected chi connectivity index (χ1v) is 6.43. The molecule has 1 aromatic heterocycles. The minimum Gasteiger partial charge on any atom is -0.347 e. The van der Waals surface area contributed by atoms with E-state index in [2.05, 4.69) is 15.6 Å². The zero-order valence-electron chi connectivity index (χ0n) is 12.0. The van der Waals surface area contributed by atoms with Crippen molar-refractivity contribution >= 4 is 18.3 Å². The lowest BCUT2D eigenvalue weighted by Gasteiger charge is -2.11. The van der Waals surface area contributed by atoms with Gasteiger partial charge in [-0.25, -0.2) is 4.68 Å². The molecule has 23 heavy (non-hydrogen) atoms. The predicted molar refractivity (Wildman–Crippen MR) is 79.6 cm³/mol. The van der Waals surface area contributed by atoms with Crippen LogP contribution in [0.2, 0.25) is 0 Å². The number of amides is 1. The van der Waals surface area contributed by atoms with Crippen LogP contribution in [0.25, 0.3) is 5.69 Å². The molecule has 6 nitrogen and oxygen atoms in total. The standard InChI is InChI=1S/C13H14F3N5O.ClH/c1-8(6-17)18-12(22)10-7-21(20-19-10)11-5-3-2-4-9(11)13(14,15)16;/h2-5,7-8H,6,17H2,1H3,(H,18,22);1H/t8-;/m0./s1. The number of benzene rings is 1. The summed E-state index contributed by atoms with van der Waals surface area (Å²) in [6.07, 6.45) is -3.39. The normalized spacial score (nSPS) is 12.4. The summed E-state index contributed by atoms with van der Waals surface area (Å²) in [5.41, 5.74) is 4.24. The Bertz CT molecular complexity index is 674. The highest BCUT2D eigenvalue weighted by atomic mass is 35.5. The number of carbonyl (C=O) groups excluding carboxylic acids is 1. The second kappa shape index (κ2) is 7.42. The summed E-state index contributed by atoms with van der Waals surface area (Å²) in [5.74, 6) is -0.548. The average molecular weight is 350 g/mol. The number of nitrogens with zero attached hydrogens (tertiary/aromatic N) is 3. The number of aromatic nitrogens is 3. The molecule has 1 amide bonds. The summed E-state index contributed by atoms with van der Waals surface area (Å²) in [6.45, 7) is 1.93. The number of hydrogen-bond acceptors (Lipinski definition) is 4. The zero-order chi connectivity index (χ0) is 16.3. The van der Waals surface area contributed by atoms with Crippen LogP contribution in [0, 0.1) is 0 Å². The molecule has 0 aliphatic carbocycles. The maximum Gasteiger partial charge on any atom is 0.418 e. The van der Waals surface area contributed by atoms with E-state index in [9.17, 15) is 18.0 Å². The molecule has 0 fully saturated rings. The Morgan fingerprint density at radius 2 is 2.04 bits per heavy atom. The fourth-order valence-corrected chi connectivity index (χ4v) is 1.76. The van der Waals surface area contributed by atoms with E-state index in [0.29, 0.717) is 0 Å². The molecule has 0 saturated heterocycles. The molecule has 1 atom stereocenters. The molecule has 2 rings (SSSR count). The van der Waals surface area contributed by atoms with Gasteiger partial charge in [0.2, 0.25) is 0 Å². The summed E-state index contributed by atoms with van der Waals surface area (Å²) >= 11 is 0. The van der Waals surface area contributed by atoms with Gasteiger partial charge in [0.15, 0.2) is 5.69 Å². The van der Waals surface area contributed by atoms with Crippen molar-refractivity contribution in [2.24, 2.45) is 5.73 Å². The number of alkyl halides is 3. The molecule has 0 bridgehead atoms. The summed E-state index contributed by atoms with van der Waals surface area (Å²) in [4.78, 5) is 11.8. The Labute approximate surface area is 136 Å². The Morgan fingerprint density at radius 1 is 1.39 bits per heavy atom. The third-order valence-corrected chi connectivity index (χ3v) is 2.91. The number of nitrogens with two attached hydrogens (primary N) is 1. The Hall–Kier alpha value is -2.13. The van der Waals surface area contributed by atoms with E-state index in [0.717, 1.165) is 16.9 Å². The van der Waals surface area contributed by atoms with Crippen LogP contribution in [-0.2, 0) is 6.18 Å². The first kappa shape index (κ1) is 18.9. The molecule has 0 aliphatic heterocycles. The molecule has 2 aromatic rings. The number of hydrogen-bond donors (Lipinski definition) is 2. The van der Waals surface area contributed by atoms with Crippen molar-refractivity contribution < 1.29 is 18.0 Å². The molecule has 0 radical (unpaired) electrons. The van der Waals surface area contributed by atoms with Crippen molar-refractivity contribution in [2.45, 2.75) is 19.1 Å². The molecular formula is C13H15ClF3N5O. The molecule has 10 heteroatoms. The van der Waals surface area contributed by atoms with E-state index >= 15 is 0 Å². The van der Waals surface area contributed by atoms with Crippen molar-refractivity contribution in [2.75, 3.05) is 6.54 Å². The second-order valence-electron chi connectivity index (χ2n) is 4.67. The van der Waals surface area contributed by atoms with Crippen molar-refractivity contribution in [3.8, 4) is 5.69 Å². The summed E-state index contributed by atoms with van der Waals surface area (Å²) < 4.78 is 39.8. The molecule has 126 valence electrons. The van der Waals surface area contributed by atoms with Crippen LogP contribution in [0.5, 0.6) is 0 Å². The van der Waals surface area contributed by atoms with Gasteiger partial charge in [-0.3, -0.25) is 4.79 Å². The third-order valence-electron chi connectivity index (χ3n) is 2.91. The zero-order valence-corrected chi connectivity index (χ0v) is 12.9. The number of nitrogens with one attached hydrogen (secondary N) is 1. The summed E-state index contributed by atoms with van der Waals surface area (Å²) in [7, 11) is 0. The molecule has 1 aromatic carbocycles. The van der Waals surface area contributed by atoms with Gasteiger partial charge in [0, 0.05) is 12.6 Å². The lowest BCUT2D eigenvalue weighted by molar-refractivity contribution is -0.137. The maximum atomic E-state index is 13.0. The lowest BCUT2D eigenvalue weighted by atomic mass is 10.1. The van der Waals surface area contributed by atoms with Gasteiger partial charge < -0.3 is 11.1 Å². The van der Waals surface area contributed by atoms with E-state index in [1.165, 1.54) is 18.2 Å². The molecule has 0 saturated carbocycles. The minimum atomic E-state index is -4.53. The lowest BCUT2D eigenvalue weighted by Crippen LogP contribution is -2.37. The van der Waals surface area contributed by atoms with Crippen LogP contribution >= 0.6 is 12.4 Å². The fourth-order valence-electron chi connectivity index (χ4n) is 1.76. The van der Waals surface area contributed by atoms with Gasteiger partial charge in [0.25, 0.3) is 5.91 Å². The van der Waals surface area contributed by atoms with E-state index in [1.807, 2.05) is 0 Å². The van der Waals surface area contributed by atoms with Crippen molar-refractivity contribution in [1.29, 1.82) is 0 Å².